The van der Waals surface area contributed by atoms with Gasteiger partial charge in [-0.05, 0) is 49.1 Å². The molecule has 0 aliphatic carbocycles. The molecule has 1 aromatic heterocycles. The third-order valence-electron chi connectivity index (χ3n) is 6.14. The monoisotopic (exact) mass is 475 g/mol. The summed E-state index contributed by atoms with van der Waals surface area (Å²) in [6, 6.07) is 15.4. The molecule has 5 nitrogen and oxygen atoms in total. The molecular weight excluding hydrogens is 438 g/mol. The van der Waals surface area contributed by atoms with Crippen molar-refractivity contribution in [2.75, 3.05) is 7.11 Å². The number of carbonyl (C=O) groups is 2. The SMILES string of the molecule is CCCCCCCC=CC(=O)c1cn(CCCC(=O)OCc2ccc(OC)cc2)c2ccccc12. The number of nitrogens with zero attached hydrogens (tertiary/aromatic N) is 1. The van der Waals surface area contributed by atoms with Gasteiger partial charge in [0.2, 0.25) is 0 Å². The first-order valence-corrected chi connectivity index (χ1v) is 12.7. The Morgan fingerprint density at radius 2 is 1.71 bits per heavy atom. The van der Waals surface area contributed by atoms with Gasteiger partial charge in [0, 0.05) is 35.6 Å². The van der Waals surface area contributed by atoms with Crippen LogP contribution in [0.15, 0.2) is 66.9 Å². The topological polar surface area (TPSA) is 57.5 Å². The molecule has 3 aromatic rings. The fourth-order valence-corrected chi connectivity index (χ4v) is 4.13. The van der Waals surface area contributed by atoms with Crippen LogP contribution in [0.3, 0.4) is 0 Å². The molecule has 0 N–H and O–H groups in total. The second-order valence-corrected chi connectivity index (χ2v) is 8.84. The van der Waals surface area contributed by atoms with Crippen molar-refractivity contribution in [1.29, 1.82) is 0 Å². The first kappa shape index (κ1) is 26.3. The molecule has 0 aliphatic heterocycles. The quantitative estimate of drug-likeness (QED) is 0.100. The number of ether oxygens (including phenoxy) is 2. The first-order chi connectivity index (χ1) is 17.1. The van der Waals surface area contributed by atoms with Gasteiger partial charge in [-0.25, -0.2) is 0 Å². The molecule has 1 heterocycles. The molecule has 2 aromatic carbocycles. The Kier molecular flexibility index (Phi) is 10.6. The van der Waals surface area contributed by atoms with E-state index < -0.39 is 0 Å². The molecule has 186 valence electrons. The maximum atomic E-state index is 12.9. The van der Waals surface area contributed by atoms with Gasteiger partial charge in [0.15, 0.2) is 5.78 Å². The smallest absolute Gasteiger partial charge is 0.306 e. The van der Waals surface area contributed by atoms with Crippen LogP contribution in [0.25, 0.3) is 10.9 Å². The summed E-state index contributed by atoms with van der Waals surface area (Å²) in [4.78, 5) is 25.1. The third-order valence-corrected chi connectivity index (χ3v) is 6.14. The van der Waals surface area contributed by atoms with Gasteiger partial charge in [0.25, 0.3) is 0 Å². The van der Waals surface area contributed by atoms with E-state index in [2.05, 4.69) is 11.5 Å². The minimum absolute atomic E-state index is 0.0346. The van der Waals surface area contributed by atoms with Gasteiger partial charge in [-0.1, -0.05) is 69.0 Å². The highest BCUT2D eigenvalue weighted by molar-refractivity contribution is 6.13. The number of aromatic nitrogens is 1. The molecule has 0 aliphatic rings. The van der Waals surface area contributed by atoms with Crippen molar-refractivity contribution in [2.24, 2.45) is 0 Å². The Morgan fingerprint density at radius 1 is 0.943 bits per heavy atom. The van der Waals surface area contributed by atoms with Crippen LogP contribution >= 0.6 is 0 Å². The molecule has 0 bridgehead atoms. The number of benzene rings is 2. The van der Waals surface area contributed by atoms with Crippen molar-refractivity contribution in [3.63, 3.8) is 0 Å². The van der Waals surface area contributed by atoms with Crippen LogP contribution in [-0.4, -0.2) is 23.4 Å². The van der Waals surface area contributed by atoms with Gasteiger partial charge in [-0.15, -0.1) is 0 Å². The molecule has 5 heteroatoms. The van der Waals surface area contributed by atoms with Gasteiger partial charge >= 0.3 is 5.97 Å². The molecule has 0 unspecified atom stereocenters. The lowest BCUT2D eigenvalue weighted by Gasteiger charge is -2.07. The van der Waals surface area contributed by atoms with E-state index in [1.165, 1.54) is 25.7 Å². The fraction of sp³-hybridized carbons (Fsp3) is 0.400. The molecule has 0 atom stereocenters. The number of unbranched alkanes of at least 4 members (excludes halogenated alkanes) is 5. The molecule has 0 fully saturated rings. The van der Waals surface area contributed by atoms with E-state index in [4.69, 9.17) is 9.47 Å². The van der Waals surface area contributed by atoms with Crippen LogP contribution in [0.5, 0.6) is 5.75 Å². The van der Waals surface area contributed by atoms with E-state index in [9.17, 15) is 9.59 Å². The van der Waals surface area contributed by atoms with Gasteiger partial charge in [-0.2, -0.15) is 0 Å². The van der Waals surface area contributed by atoms with Gasteiger partial charge in [0.05, 0.1) is 7.11 Å². The minimum atomic E-state index is -0.226. The highest BCUT2D eigenvalue weighted by Crippen LogP contribution is 2.23. The number of para-hydroxylation sites is 1. The number of rotatable bonds is 15. The van der Waals surface area contributed by atoms with Crippen LogP contribution < -0.4 is 4.74 Å². The standard InChI is InChI=1S/C30H37NO4/c1-3-4-5-6-7-8-9-15-29(32)27-22-31(28-14-11-10-13-26(27)28)21-12-16-30(33)35-23-24-17-19-25(34-2)20-18-24/h9-11,13-15,17-20,22H,3-8,12,16,21,23H2,1-2H3. The zero-order valence-electron chi connectivity index (χ0n) is 21.0. The van der Waals surface area contributed by atoms with Crippen LogP contribution in [-0.2, 0) is 22.7 Å². The number of esters is 1. The normalized spacial score (nSPS) is 11.3. The number of fused-ring (bicyclic) bond motifs is 1. The van der Waals surface area contributed by atoms with E-state index in [1.54, 1.807) is 13.2 Å². The Labute approximate surface area is 208 Å². The minimum Gasteiger partial charge on any atom is -0.497 e. The van der Waals surface area contributed by atoms with Crippen molar-refractivity contribution in [2.45, 2.75) is 71.4 Å². The lowest BCUT2D eigenvalue weighted by atomic mass is 10.1. The average Bonchev–Trinajstić information content (AvgIpc) is 3.26. The van der Waals surface area contributed by atoms with Gasteiger partial charge < -0.3 is 14.0 Å². The Hall–Kier alpha value is -3.34. The molecule has 0 radical (unpaired) electrons. The fourth-order valence-electron chi connectivity index (χ4n) is 4.13. The molecule has 0 saturated heterocycles. The van der Waals surface area contributed by atoms with Crippen LogP contribution in [0.2, 0.25) is 0 Å². The van der Waals surface area contributed by atoms with E-state index in [1.807, 2.05) is 60.8 Å². The average molecular weight is 476 g/mol. The molecule has 0 spiro atoms. The number of allylic oxidation sites excluding steroid dienone is 2. The van der Waals surface area contributed by atoms with Crippen LogP contribution in [0, 0.1) is 0 Å². The predicted octanol–water partition coefficient (Wildman–Crippen LogP) is 7.27. The van der Waals surface area contributed by atoms with Crippen molar-refractivity contribution >= 4 is 22.7 Å². The van der Waals surface area contributed by atoms with Crippen molar-refractivity contribution in [3.05, 3.63) is 78.0 Å². The Bertz CT molecular complexity index is 1110. The summed E-state index contributed by atoms with van der Waals surface area (Å²) in [7, 11) is 1.62. The molecule has 0 amide bonds. The van der Waals surface area contributed by atoms with E-state index >= 15 is 0 Å². The largest absolute Gasteiger partial charge is 0.497 e. The molecule has 35 heavy (non-hydrogen) atoms. The summed E-state index contributed by atoms with van der Waals surface area (Å²) < 4.78 is 12.6. The number of carbonyl (C=O) groups excluding carboxylic acids is 2. The summed E-state index contributed by atoms with van der Waals surface area (Å²) in [6.07, 6.45) is 13.7. The van der Waals surface area contributed by atoms with E-state index in [-0.39, 0.29) is 18.4 Å². The number of hydrogen-bond donors (Lipinski definition) is 0. The summed E-state index contributed by atoms with van der Waals surface area (Å²) in [6.45, 7) is 3.11. The number of hydrogen-bond acceptors (Lipinski definition) is 4. The first-order valence-electron chi connectivity index (χ1n) is 12.7. The Morgan fingerprint density at radius 3 is 2.49 bits per heavy atom. The van der Waals surface area contributed by atoms with Crippen LogP contribution in [0.1, 0.15) is 74.2 Å². The summed E-state index contributed by atoms with van der Waals surface area (Å²) in [5, 5.41) is 0.951. The Balaban J connectivity index is 1.50. The van der Waals surface area contributed by atoms with Gasteiger partial charge in [0.1, 0.15) is 12.4 Å². The highest BCUT2D eigenvalue weighted by atomic mass is 16.5. The molecular formula is C30H37NO4. The van der Waals surface area contributed by atoms with Crippen molar-refractivity contribution < 1.29 is 19.1 Å². The number of ketones is 1. The van der Waals surface area contributed by atoms with Crippen molar-refractivity contribution in [3.8, 4) is 5.75 Å². The van der Waals surface area contributed by atoms with E-state index in [0.717, 1.165) is 35.1 Å². The second kappa shape index (κ2) is 14.1. The zero-order valence-corrected chi connectivity index (χ0v) is 21.0. The number of aryl methyl sites for hydroxylation is 1. The summed E-state index contributed by atoms with van der Waals surface area (Å²) in [5.74, 6) is 0.581. The maximum Gasteiger partial charge on any atom is 0.306 e. The summed E-state index contributed by atoms with van der Waals surface area (Å²) in [5.41, 5.74) is 2.65. The highest BCUT2D eigenvalue weighted by Gasteiger charge is 2.13. The predicted molar refractivity (Wildman–Crippen MR) is 141 cm³/mol. The lowest BCUT2D eigenvalue weighted by molar-refractivity contribution is -0.145. The molecule has 0 saturated carbocycles. The van der Waals surface area contributed by atoms with E-state index in [0.29, 0.717) is 24.9 Å². The maximum absolute atomic E-state index is 12.9. The molecule has 3 rings (SSSR count). The van der Waals surface area contributed by atoms with Gasteiger partial charge in [-0.3, -0.25) is 9.59 Å². The lowest BCUT2D eigenvalue weighted by Crippen LogP contribution is -2.06. The summed E-state index contributed by atoms with van der Waals surface area (Å²) >= 11 is 0. The van der Waals surface area contributed by atoms with Crippen molar-refractivity contribution in [1.82, 2.24) is 4.57 Å². The zero-order chi connectivity index (χ0) is 24.9. The van der Waals surface area contributed by atoms with Crippen LogP contribution in [0.4, 0.5) is 0 Å². The second-order valence-electron chi connectivity index (χ2n) is 8.84. The number of methoxy groups -OCH3 is 1. The third kappa shape index (κ3) is 8.13.